The third kappa shape index (κ3) is 4.58. The van der Waals surface area contributed by atoms with E-state index in [0.29, 0.717) is 12.0 Å². The lowest BCUT2D eigenvalue weighted by atomic mass is 10.1. The molecule has 1 aliphatic rings. The first-order valence-corrected chi connectivity index (χ1v) is 7.20. The molecule has 0 aromatic rings. The van der Waals surface area contributed by atoms with Gasteiger partial charge in [-0.2, -0.15) is 0 Å². The van der Waals surface area contributed by atoms with Crippen LogP contribution in [0.1, 0.15) is 46.5 Å². The molecule has 2 atom stereocenters. The van der Waals surface area contributed by atoms with Gasteiger partial charge in [0.05, 0.1) is 6.04 Å². The minimum atomic E-state index is -0.0463. The fraction of sp³-hybridized carbons (Fsp3) is 0.929. The normalized spacial score (nSPS) is 22.4. The van der Waals surface area contributed by atoms with E-state index in [1.54, 1.807) is 0 Å². The predicted molar refractivity (Wildman–Crippen MR) is 73.4 cm³/mol. The molecule has 1 heterocycles. The zero-order valence-electron chi connectivity index (χ0n) is 12.0. The molecule has 1 aliphatic heterocycles. The SMILES string of the molecule is CC(C)CNC(=O)C(C)N1CCCC1CCCO. The molecule has 4 nitrogen and oxygen atoms in total. The van der Waals surface area contributed by atoms with Crippen LogP contribution >= 0.6 is 0 Å². The molecule has 2 N–H and O–H groups in total. The highest BCUT2D eigenvalue weighted by Crippen LogP contribution is 2.23. The van der Waals surface area contributed by atoms with Crippen LogP contribution in [0.15, 0.2) is 0 Å². The summed E-state index contributed by atoms with van der Waals surface area (Å²) in [6.45, 7) is 8.20. The molecule has 2 unspecified atom stereocenters. The fourth-order valence-corrected chi connectivity index (χ4v) is 2.61. The van der Waals surface area contributed by atoms with Crippen molar-refractivity contribution in [2.75, 3.05) is 19.7 Å². The quantitative estimate of drug-likeness (QED) is 0.723. The lowest BCUT2D eigenvalue weighted by molar-refractivity contribution is -0.126. The Hall–Kier alpha value is -0.610. The highest BCUT2D eigenvalue weighted by molar-refractivity contribution is 5.81. The van der Waals surface area contributed by atoms with E-state index in [2.05, 4.69) is 24.1 Å². The van der Waals surface area contributed by atoms with E-state index >= 15 is 0 Å². The van der Waals surface area contributed by atoms with E-state index in [-0.39, 0.29) is 18.6 Å². The van der Waals surface area contributed by atoms with Crippen LogP contribution in [0.4, 0.5) is 0 Å². The van der Waals surface area contributed by atoms with Gasteiger partial charge >= 0.3 is 0 Å². The molecule has 106 valence electrons. The summed E-state index contributed by atoms with van der Waals surface area (Å²) < 4.78 is 0. The first kappa shape index (κ1) is 15.4. The van der Waals surface area contributed by atoms with Gasteiger partial charge in [0.2, 0.25) is 5.91 Å². The molecule has 0 radical (unpaired) electrons. The van der Waals surface area contributed by atoms with Gasteiger partial charge in [0.15, 0.2) is 0 Å². The van der Waals surface area contributed by atoms with Crippen molar-refractivity contribution < 1.29 is 9.90 Å². The summed E-state index contributed by atoms with van der Waals surface area (Å²) in [5.74, 6) is 0.629. The number of nitrogens with zero attached hydrogens (tertiary/aromatic N) is 1. The summed E-state index contributed by atoms with van der Waals surface area (Å²) in [6, 6.07) is 0.423. The average molecular weight is 256 g/mol. The van der Waals surface area contributed by atoms with Crippen LogP contribution in [0.25, 0.3) is 0 Å². The van der Waals surface area contributed by atoms with Crippen molar-refractivity contribution in [3.63, 3.8) is 0 Å². The second-order valence-electron chi connectivity index (χ2n) is 5.71. The van der Waals surface area contributed by atoms with Crippen molar-refractivity contribution in [3.05, 3.63) is 0 Å². The minimum Gasteiger partial charge on any atom is -0.396 e. The lowest BCUT2D eigenvalue weighted by Gasteiger charge is -2.30. The van der Waals surface area contributed by atoms with Crippen LogP contribution in [0.3, 0.4) is 0 Å². The third-order valence-corrected chi connectivity index (χ3v) is 3.68. The number of amides is 1. The second kappa shape index (κ2) is 7.74. The maximum absolute atomic E-state index is 12.1. The molecular weight excluding hydrogens is 228 g/mol. The Morgan fingerprint density at radius 3 is 2.78 bits per heavy atom. The largest absolute Gasteiger partial charge is 0.396 e. The molecule has 1 saturated heterocycles. The monoisotopic (exact) mass is 256 g/mol. The molecule has 18 heavy (non-hydrogen) atoms. The van der Waals surface area contributed by atoms with Crippen molar-refractivity contribution >= 4 is 5.91 Å². The van der Waals surface area contributed by atoms with E-state index in [1.165, 1.54) is 0 Å². The molecule has 0 saturated carbocycles. The van der Waals surface area contributed by atoms with Crippen molar-refractivity contribution in [2.45, 2.75) is 58.5 Å². The van der Waals surface area contributed by atoms with Crippen molar-refractivity contribution in [1.82, 2.24) is 10.2 Å². The van der Waals surface area contributed by atoms with Crippen molar-refractivity contribution in [1.29, 1.82) is 0 Å². The molecule has 0 aromatic heterocycles. The summed E-state index contributed by atoms with van der Waals surface area (Å²) >= 11 is 0. The lowest BCUT2D eigenvalue weighted by Crippen LogP contribution is -2.47. The first-order chi connectivity index (χ1) is 8.56. The van der Waals surface area contributed by atoms with Gasteiger partial charge in [-0.25, -0.2) is 0 Å². The Labute approximate surface area is 111 Å². The zero-order valence-corrected chi connectivity index (χ0v) is 12.0. The van der Waals surface area contributed by atoms with Crippen LogP contribution in [0, 0.1) is 5.92 Å². The third-order valence-electron chi connectivity index (χ3n) is 3.68. The molecule has 0 aliphatic carbocycles. The smallest absolute Gasteiger partial charge is 0.237 e. The van der Waals surface area contributed by atoms with E-state index in [4.69, 9.17) is 5.11 Å². The van der Waals surface area contributed by atoms with E-state index in [0.717, 1.165) is 38.8 Å². The van der Waals surface area contributed by atoms with Gasteiger partial charge in [-0.1, -0.05) is 13.8 Å². The highest BCUT2D eigenvalue weighted by atomic mass is 16.3. The van der Waals surface area contributed by atoms with Gasteiger partial charge in [0.25, 0.3) is 0 Å². The Kier molecular flexibility index (Phi) is 6.65. The van der Waals surface area contributed by atoms with Gasteiger partial charge in [0.1, 0.15) is 0 Å². The van der Waals surface area contributed by atoms with Crippen LogP contribution < -0.4 is 5.32 Å². The van der Waals surface area contributed by atoms with Gasteiger partial charge in [-0.15, -0.1) is 0 Å². The van der Waals surface area contributed by atoms with Gasteiger partial charge < -0.3 is 10.4 Å². The summed E-state index contributed by atoms with van der Waals surface area (Å²) in [5, 5.41) is 11.9. The number of rotatable bonds is 7. The van der Waals surface area contributed by atoms with Crippen LogP contribution in [0.2, 0.25) is 0 Å². The topological polar surface area (TPSA) is 52.6 Å². The summed E-state index contributed by atoms with van der Waals surface area (Å²) in [5.41, 5.74) is 0. The first-order valence-electron chi connectivity index (χ1n) is 7.20. The number of carbonyl (C=O) groups excluding carboxylic acids is 1. The maximum atomic E-state index is 12.1. The molecule has 1 amide bonds. The Bertz CT molecular complexity index is 256. The number of carbonyl (C=O) groups is 1. The van der Waals surface area contributed by atoms with Crippen LogP contribution in [-0.2, 0) is 4.79 Å². The minimum absolute atomic E-state index is 0.0463. The number of aliphatic hydroxyl groups is 1. The number of aliphatic hydroxyl groups excluding tert-OH is 1. The van der Waals surface area contributed by atoms with E-state index in [1.807, 2.05) is 6.92 Å². The van der Waals surface area contributed by atoms with Crippen LogP contribution in [0.5, 0.6) is 0 Å². The highest BCUT2D eigenvalue weighted by Gasteiger charge is 2.31. The van der Waals surface area contributed by atoms with Gasteiger partial charge in [0, 0.05) is 19.2 Å². The molecule has 4 heteroatoms. The Balaban J connectivity index is 2.43. The predicted octanol–water partition coefficient (Wildman–Crippen LogP) is 1.38. The molecule has 0 spiro atoms. The molecule has 0 aromatic carbocycles. The zero-order chi connectivity index (χ0) is 13.5. The number of likely N-dealkylation sites (tertiary alicyclic amines) is 1. The maximum Gasteiger partial charge on any atom is 0.237 e. The van der Waals surface area contributed by atoms with Gasteiger partial charge in [-0.05, 0) is 45.1 Å². The summed E-state index contributed by atoms with van der Waals surface area (Å²) in [4.78, 5) is 14.3. The van der Waals surface area contributed by atoms with Crippen molar-refractivity contribution in [3.8, 4) is 0 Å². The fourth-order valence-electron chi connectivity index (χ4n) is 2.61. The summed E-state index contributed by atoms with van der Waals surface area (Å²) in [6.07, 6.45) is 4.15. The average Bonchev–Trinajstić information content (AvgIpc) is 2.80. The van der Waals surface area contributed by atoms with Crippen molar-refractivity contribution in [2.24, 2.45) is 5.92 Å². The molecule has 0 bridgehead atoms. The van der Waals surface area contributed by atoms with Crippen LogP contribution in [-0.4, -0.2) is 47.7 Å². The number of nitrogens with one attached hydrogen (secondary N) is 1. The Morgan fingerprint density at radius 1 is 1.44 bits per heavy atom. The molecular formula is C14H28N2O2. The Morgan fingerprint density at radius 2 is 2.17 bits per heavy atom. The standard InChI is InChI=1S/C14H28N2O2/c1-11(2)10-15-14(18)12(3)16-8-4-6-13(16)7-5-9-17/h11-13,17H,4-10H2,1-3H3,(H,15,18). The molecule has 1 rings (SSSR count). The molecule has 1 fully saturated rings. The van der Waals surface area contributed by atoms with E-state index < -0.39 is 0 Å². The van der Waals surface area contributed by atoms with E-state index in [9.17, 15) is 4.79 Å². The summed E-state index contributed by atoms with van der Waals surface area (Å²) in [7, 11) is 0. The second-order valence-corrected chi connectivity index (χ2v) is 5.71. The van der Waals surface area contributed by atoms with Gasteiger partial charge in [-0.3, -0.25) is 9.69 Å². The number of hydrogen-bond acceptors (Lipinski definition) is 3. The number of hydrogen-bond donors (Lipinski definition) is 2.